The summed E-state index contributed by atoms with van der Waals surface area (Å²) in [6.07, 6.45) is 0. The van der Waals surface area contributed by atoms with Gasteiger partial charge in [-0.15, -0.1) is 0 Å². The van der Waals surface area contributed by atoms with Crippen LogP contribution in [0, 0.1) is 0 Å². The zero-order valence-corrected chi connectivity index (χ0v) is 6.65. The van der Waals surface area contributed by atoms with E-state index < -0.39 is 8.07 Å². The van der Waals surface area contributed by atoms with Gasteiger partial charge in [0.1, 0.15) is 0 Å². The van der Waals surface area contributed by atoms with Crippen LogP contribution < -0.4 is 0 Å². The average molecular weight is 106 g/mol. The molecule has 0 atom stereocenters. The number of hydrogen-bond acceptors (Lipinski definition) is 0. The quantitative estimate of drug-likeness (QED) is 0.445. The van der Waals surface area contributed by atoms with Crippen molar-refractivity contribution < 1.29 is 0 Å². The molecule has 2 heteroatoms. The first-order chi connectivity index (χ1) is 3.06. The Hall–Kier alpha value is 0.554. The van der Waals surface area contributed by atoms with Gasteiger partial charge in [0.2, 0.25) is 0 Å². The van der Waals surface area contributed by atoms with E-state index in [9.17, 15) is 0 Å². The summed E-state index contributed by atoms with van der Waals surface area (Å²) in [4.78, 5) is 0. The fraction of sp³-hybridized carbons (Fsp3) is 0.600. The van der Waals surface area contributed by atoms with Crippen molar-refractivity contribution in [1.82, 2.24) is 0 Å². The second-order valence-electron chi connectivity index (χ2n) is 2.87. The summed E-state index contributed by atoms with van der Waals surface area (Å²) in [6.45, 7) is 6.98. The summed E-state index contributed by atoms with van der Waals surface area (Å²) in [5.74, 6) is 0. The van der Waals surface area contributed by atoms with Gasteiger partial charge in [-0.05, 0) is 0 Å². The van der Waals surface area contributed by atoms with E-state index in [0.29, 0.717) is 0 Å². The molecule has 0 nitrogen and oxygen atoms in total. The van der Waals surface area contributed by atoms with Gasteiger partial charge in [0.05, 0.1) is 0 Å². The van der Waals surface area contributed by atoms with Crippen LogP contribution in [0.25, 0.3) is 0 Å². The standard InChI is InChI=1S/C5H11Si.Li/c1-5-6(2,3)4;/h1,5H,2-4H3;. The Labute approximate surface area is 56.2 Å². The Morgan fingerprint density at radius 2 is 1.71 bits per heavy atom. The summed E-state index contributed by atoms with van der Waals surface area (Å²) < 4.78 is 2.15. The van der Waals surface area contributed by atoms with Gasteiger partial charge in [0.15, 0.2) is 0 Å². The van der Waals surface area contributed by atoms with E-state index in [-0.39, 0.29) is 0 Å². The van der Waals surface area contributed by atoms with Crippen molar-refractivity contribution in [2.75, 3.05) is 0 Å². The van der Waals surface area contributed by atoms with E-state index >= 15 is 0 Å². The van der Waals surface area contributed by atoms with Crippen LogP contribution in [0.3, 0.4) is 0 Å². The van der Waals surface area contributed by atoms with Crippen LogP contribution in [0.15, 0.2) is 10.4 Å². The van der Waals surface area contributed by atoms with Gasteiger partial charge in [-0.2, -0.15) is 0 Å². The second-order valence-corrected chi connectivity index (χ2v) is 7.93. The minimum absolute atomic E-state index is 0.838. The number of rotatable bonds is 1. The molecule has 0 saturated heterocycles. The van der Waals surface area contributed by atoms with Gasteiger partial charge in [-0.1, -0.05) is 0 Å². The van der Waals surface area contributed by atoms with Crippen LogP contribution in [-0.2, 0) is 0 Å². The fourth-order valence-corrected chi connectivity index (χ4v) is 1.50. The summed E-state index contributed by atoms with van der Waals surface area (Å²) in [6, 6.07) is 0. The fourth-order valence-electron chi connectivity index (χ4n) is 0.500. The molecule has 0 amide bonds. The molecule has 0 aliphatic heterocycles. The Kier molecular flexibility index (Phi) is 2.98. The van der Waals surface area contributed by atoms with Crippen LogP contribution in [0.4, 0.5) is 0 Å². The third-order valence-corrected chi connectivity index (χ3v) is 2.00. The molecule has 0 unspecified atom stereocenters. The number of hydrogen-bond donors (Lipinski definition) is 0. The van der Waals surface area contributed by atoms with Crippen molar-refractivity contribution in [2.45, 2.75) is 19.6 Å². The molecule has 7 heavy (non-hydrogen) atoms. The Balaban J connectivity index is 3.56. The topological polar surface area (TPSA) is 0 Å². The van der Waals surface area contributed by atoms with Crippen LogP contribution in [0.5, 0.6) is 0 Å². The van der Waals surface area contributed by atoms with Crippen molar-refractivity contribution in [3.63, 3.8) is 0 Å². The van der Waals surface area contributed by atoms with E-state index in [1.807, 2.05) is 0 Å². The minimum atomic E-state index is -0.838. The van der Waals surface area contributed by atoms with Crippen LogP contribution >= 0.6 is 0 Å². The van der Waals surface area contributed by atoms with Gasteiger partial charge >= 0.3 is 55.9 Å². The van der Waals surface area contributed by atoms with Gasteiger partial charge in [0, 0.05) is 0 Å². The third-order valence-electron chi connectivity index (χ3n) is 0.667. The second kappa shape index (κ2) is 2.76. The SMILES string of the molecule is [Li][CH]=C[Si](C)(C)C. The monoisotopic (exact) mass is 106 g/mol. The van der Waals surface area contributed by atoms with E-state index in [0.717, 1.165) is 0 Å². The Morgan fingerprint density at radius 1 is 1.29 bits per heavy atom. The third kappa shape index (κ3) is 6.55. The molecular weight excluding hydrogens is 95.1 g/mol. The predicted molar refractivity (Wildman–Crippen MR) is 38.2 cm³/mol. The maximum atomic E-state index is 2.33. The molecule has 0 spiro atoms. The van der Waals surface area contributed by atoms with Crippen molar-refractivity contribution in [3.05, 3.63) is 10.4 Å². The molecule has 0 fully saturated rings. The molecule has 0 bridgehead atoms. The summed E-state index contributed by atoms with van der Waals surface area (Å²) in [7, 11) is -0.838. The van der Waals surface area contributed by atoms with Crippen molar-refractivity contribution in [3.8, 4) is 0 Å². The molecule has 0 aliphatic rings. The normalized spacial score (nSPS) is 13.3. The molecule has 0 N–H and O–H groups in total. The van der Waals surface area contributed by atoms with Gasteiger partial charge < -0.3 is 0 Å². The predicted octanol–water partition coefficient (Wildman–Crippen LogP) is 1.55. The molecule has 0 aromatic rings. The summed E-state index contributed by atoms with van der Waals surface area (Å²) in [5.41, 5.74) is 2.33. The van der Waals surface area contributed by atoms with Crippen molar-refractivity contribution in [1.29, 1.82) is 0 Å². The molecule has 0 aromatic heterocycles. The zero-order chi connectivity index (χ0) is 5.91. The average Bonchev–Trinajstić information content (AvgIpc) is 1.30. The molecule has 0 aromatic carbocycles. The first-order valence-electron chi connectivity index (χ1n) is 2.70. The van der Waals surface area contributed by atoms with E-state index in [4.69, 9.17) is 0 Å². The summed E-state index contributed by atoms with van der Waals surface area (Å²) >= 11 is 2.08. The zero-order valence-electron chi connectivity index (χ0n) is 5.65. The molecular formula is C5H11LiSi. The molecule has 0 saturated carbocycles. The van der Waals surface area contributed by atoms with E-state index in [1.165, 1.54) is 0 Å². The van der Waals surface area contributed by atoms with Crippen LogP contribution in [0.2, 0.25) is 19.6 Å². The molecule has 36 valence electrons. The van der Waals surface area contributed by atoms with Crippen molar-refractivity contribution in [2.24, 2.45) is 0 Å². The van der Waals surface area contributed by atoms with Crippen LogP contribution in [0.1, 0.15) is 0 Å². The van der Waals surface area contributed by atoms with Gasteiger partial charge in [-0.3, -0.25) is 0 Å². The molecule has 0 radical (unpaired) electrons. The summed E-state index contributed by atoms with van der Waals surface area (Å²) in [5, 5.41) is 0. The van der Waals surface area contributed by atoms with Gasteiger partial charge in [-0.25, -0.2) is 0 Å². The van der Waals surface area contributed by atoms with Crippen LogP contribution in [-0.4, -0.2) is 25.8 Å². The first kappa shape index (κ1) is 7.55. The van der Waals surface area contributed by atoms with Gasteiger partial charge in [0.25, 0.3) is 0 Å². The molecule has 0 heterocycles. The Morgan fingerprint density at radius 3 is 1.71 bits per heavy atom. The first-order valence-corrected chi connectivity index (χ1v) is 6.28. The molecule has 0 rings (SSSR count). The Bertz CT molecular complexity index is 70.6. The van der Waals surface area contributed by atoms with E-state index in [2.05, 4.69) is 47.8 Å². The van der Waals surface area contributed by atoms with Crippen molar-refractivity contribution >= 4 is 25.8 Å². The maximum absolute atomic E-state index is 2.33. The van der Waals surface area contributed by atoms with E-state index in [1.54, 1.807) is 0 Å². The molecule has 0 aliphatic carbocycles.